The van der Waals surface area contributed by atoms with Crippen LogP contribution in [-0.2, 0) is 6.42 Å². The van der Waals surface area contributed by atoms with Gasteiger partial charge < -0.3 is 15.2 Å². The Morgan fingerprint density at radius 2 is 1.96 bits per heavy atom. The highest BCUT2D eigenvalue weighted by Crippen LogP contribution is 2.37. The van der Waals surface area contributed by atoms with Crippen LogP contribution in [0.4, 0.5) is 5.69 Å². The third kappa shape index (κ3) is 3.06. The van der Waals surface area contributed by atoms with Gasteiger partial charge in [0.15, 0.2) is 16.6 Å². The molecule has 0 amide bonds. The summed E-state index contributed by atoms with van der Waals surface area (Å²) in [6.07, 6.45) is 0.656. The molecule has 0 saturated heterocycles. The van der Waals surface area contributed by atoms with Crippen molar-refractivity contribution in [1.82, 2.24) is 5.01 Å². The Balaban J connectivity index is 1.89. The summed E-state index contributed by atoms with van der Waals surface area (Å²) in [5.74, 6) is 1.33. The highest BCUT2D eigenvalue weighted by atomic mass is 32.1. The predicted octanol–water partition coefficient (Wildman–Crippen LogP) is 2.57. The highest BCUT2D eigenvalue weighted by molar-refractivity contribution is 7.80. The minimum Gasteiger partial charge on any atom is -0.454 e. The maximum absolute atomic E-state index is 11.0. The second-order valence-electron chi connectivity index (χ2n) is 6.35. The van der Waals surface area contributed by atoms with Gasteiger partial charge in [0.05, 0.1) is 16.7 Å². The molecular formula is C18H16N4O4S. The summed E-state index contributed by atoms with van der Waals surface area (Å²) in [4.78, 5) is 10.5. The Morgan fingerprint density at radius 1 is 1.30 bits per heavy atom. The molecule has 0 bridgehead atoms. The van der Waals surface area contributed by atoms with Crippen molar-refractivity contribution in [3.8, 4) is 11.5 Å². The number of hydrogen-bond donors (Lipinski definition) is 1. The molecule has 0 fully saturated rings. The van der Waals surface area contributed by atoms with Crippen molar-refractivity contribution in [2.75, 3.05) is 6.79 Å². The zero-order chi connectivity index (χ0) is 19.1. The number of thiocarbonyl (C=S) groups is 1. The van der Waals surface area contributed by atoms with Gasteiger partial charge in [-0.1, -0.05) is 0 Å². The van der Waals surface area contributed by atoms with E-state index < -0.39 is 4.92 Å². The molecule has 0 spiro atoms. The third-order valence-corrected chi connectivity index (χ3v) is 4.76. The van der Waals surface area contributed by atoms with Crippen molar-refractivity contribution in [2.45, 2.75) is 19.4 Å². The summed E-state index contributed by atoms with van der Waals surface area (Å²) < 4.78 is 11.0. The second kappa shape index (κ2) is 6.51. The number of hydrazone groups is 1. The van der Waals surface area contributed by atoms with Gasteiger partial charge in [0, 0.05) is 23.3 Å². The van der Waals surface area contributed by atoms with Crippen molar-refractivity contribution in [3.63, 3.8) is 0 Å². The van der Waals surface area contributed by atoms with E-state index in [0.29, 0.717) is 23.6 Å². The molecule has 4 rings (SSSR count). The van der Waals surface area contributed by atoms with Crippen LogP contribution in [0.25, 0.3) is 0 Å². The van der Waals surface area contributed by atoms with Crippen molar-refractivity contribution in [2.24, 2.45) is 10.8 Å². The molecule has 2 heterocycles. The minimum absolute atomic E-state index is 0.0125. The Bertz CT molecular complexity index is 974. The molecule has 2 aliphatic rings. The van der Waals surface area contributed by atoms with E-state index in [4.69, 9.17) is 27.4 Å². The first kappa shape index (κ1) is 17.2. The van der Waals surface area contributed by atoms with Crippen LogP contribution in [0.15, 0.2) is 41.5 Å². The highest BCUT2D eigenvalue weighted by Gasteiger charge is 2.28. The SMILES string of the molecule is C[C@@H]1Cc2cc3c(cc2C(c2ccc([N+](=O)[O-])cc2)=NN1C(N)=S)OCO3. The van der Waals surface area contributed by atoms with E-state index in [1.54, 1.807) is 17.1 Å². The van der Waals surface area contributed by atoms with Crippen LogP contribution in [0, 0.1) is 10.1 Å². The fourth-order valence-electron chi connectivity index (χ4n) is 3.26. The van der Waals surface area contributed by atoms with Gasteiger partial charge in [0.2, 0.25) is 6.79 Å². The lowest BCUT2D eigenvalue weighted by atomic mass is 9.94. The molecule has 2 aromatic rings. The predicted molar refractivity (Wildman–Crippen MR) is 103 cm³/mol. The second-order valence-corrected chi connectivity index (χ2v) is 6.77. The van der Waals surface area contributed by atoms with Gasteiger partial charge in [0.25, 0.3) is 5.69 Å². The van der Waals surface area contributed by atoms with E-state index in [1.165, 1.54) is 12.1 Å². The summed E-state index contributed by atoms with van der Waals surface area (Å²) in [5.41, 5.74) is 9.10. The van der Waals surface area contributed by atoms with Crippen LogP contribution in [-0.4, -0.2) is 33.6 Å². The van der Waals surface area contributed by atoms with E-state index in [2.05, 4.69) is 5.10 Å². The summed E-state index contributed by atoms with van der Waals surface area (Å²) in [6.45, 7) is 2.16. The molecule has 0 radical (unpaired) electrons. The zero-order valence-corrected chi connectivity index (χ0v) is 15.2. The average molecular weight is 384 g/mol. The lowest BCUT2D eigenvalue weighted by Gasteiger charge is -2.23. The molecule has 2 aliphatic heterocycles. The molecule has 2 aromatic carbocycles. The Labute approximate surface area is 160 Å². The number of nitrogens with zero attached hydrogens (tertiary/aromatic N) is 3. The number of nitrogens with two attached hydrogens (primary N) is 1. The first-order chi connectivity index (χ1) is 12.9. The topological polar surface area (TPSA) is 103 Å². The van der Waals surface area contributed by atoms with E-state index in [-0.39, 0.29) is 23.6 Å². The zero-order valence-electron chi connectivity index (χ0n) is 14.4. The molecule has 9 heteroatoms. The monoisotopic (exact) mass is 384 g/mol. The standard InChI is InChI=1S/C18H16N4O4S/c1-10-6-12-7-15-16(26-9-25-15)8-14(12)17(20-21(10)18(19)27)11-2-4-13(5-3-11)22(23)24/h2-5,7-8,10H,6,9H2,1H3,(H2,19,27)/t10-/m1/s1. The molecule has 0 aromatic heterocycles. The van der Waals surface area contributed by atoms with Gasteiger partial charge >= 0.3 is 0 Å². The molecule has 8 nitrogen and oxygen atoms in total. The molecule has 0 aliphatic carbocycles. The number of nitro groups is 1. The van der Waals surface area contributed by atoms with Crippen LogP contribution >= 0.6 is 12.2 Å². The normalized spacial score (nSPS) is 17.7. The molecule has 2 N–H and O–H groups in total. The smallest absolute Gasteiger partial charge is 0.269 e. The van der Waals surface area contributed by atoms with Crippen LogP contribution in [0.3, 0.4) is 0 Å². The van der Waals surface area contributed by atoms with Crippen LogP contribution < -0.4 is 15.2 Å². The summed E-state index contributed by atoms with van der Waals surface area (Å²) in [5, 5.41) is 17.4. The quantitative estimate of drug-likeness (QED) is 0.482. The minimum atomic E-state index is -0.436. The fraction of sp³-hybridized carbons (Fsp3) is 0.222. The largest absolute Gasteiger partial charge is 0.454 e. The van der Waals surface area contributed by atoms with Crippen molar-refractivity contribution >= 4 is 28.7 Å². The Morgan fingerprint density at radius 3 is 2.59 bits per heavy atom. The van der Waals surface area contributed by atoms with Crippen molar-refractivity contribution < 1.29 is 14.4 Å². The number of nitro benzene ring substituents is 1. The number of benzene rings is 2. The number of ether oxygens (including phenoxy) is 2. The molecule has 138 valence electrons. The van der Waals surface area contributed by atoms with Crippen LogP contribution in [0.5, 0.6) is 11.5 Å². The maximum atomic E-state index is 11.0. The fourth-order valence-corrected chi connectivity index (χ4v) is 3.48. The summed E-state index contributed by atoms with van der Waals surface area (Å²) in [7, 11) is 0. The first-order valence-corrected chi connectivity index (χ1v) is 8.70. The van der Waals surface area contributed by atoms with Gasteiger partial charge in [0.1, 0.15) is 0 Å². The van der Waals surface area contributed by atoms with Gasteiger partial charge in [-0.3, -0.25) is 10.1 Å². The molecular weight excluding hydrogens is 368 g/mol. The maximum Gasteiger partial charge on any atom is 0.269 e. The average Bonchev–Trinajstić information content (AvgIpc) is 3.03. The Hall–Kier alpha value is -3.20. The third-order valence-electron chi connectivity index (χ3n) is 4.57. The molecule has 0 unspecified atom stereocenters. The van der Waals surface area contributed by atoms with Gasteiger partial charge in [-0.15, -0.1) is 0 Å². The number of rotatable bonds is 2. The summed E-state index contributed by atoms with van der Waals surface area (Å²) in [6, 6.07) is 10.00. The molecule has 0 saturated carbocycles. The molecule has 1 atom stereocenters. The summed E-state index contributed by atoms with van der Waals surface area (Å²) >= 11 is 5.16. The first-order valence-electron chi connectivity index (χ1n) is 8.29. The van der Waals surface area contributed by atoms with Crippen molar-refractivity contribution in [3.05, 3.63) is 63.2 Å². The number of non-ortho nitro benzene ring substituents is 1. The van der Waals surface area contributed by atoms with Gasteiger partial charge in [-0.25, -0.2) is 5.01 Å². The number of fused-ring (bicyclic) bond motifs is 2. The van der Waals surface area contributed by atoms with E-state index in [1.807, 2.05) is 19.1 Å². The number of hydrogen-bond acceptors (Lipinski definition) is 6. The van der Waals surface area contributed by atoms with E-state index in [9.17, 15) is 10.1 Å². The van der Waals surface area contributed by atoms with Crippen molar-refractivity contribution in [1.29, 1.82) is 0 Å². The lowest BCUT2D eigenvalue weighted by molar-refractivity contribution is -0.384. The Kier molecular flexibility index (Phi) is 4.15. The molecule has 27 heavy (non-hydrogen) atoms. The lowest BCUT2D eigenvalue weighted by Crippen LogP contribution is -2.38. The van der Waals surface area contributed by atoms with Crippen LogP contribution in [0.1, 0.15) is 23.6 Å². The van der Waals surface area contributed by atoms with E-state index >= 15 is 0 Å². The van der Waals surface area contributed by atoms with E-state index in [0.717, 1.165) is 16.7 Å². The van der Waals surface area contributed by atoms with Crippen LogP contribution in [0.2, 0.25) is 0 Å². The van der Waals surface area contributed by atoms with Gasteiger partial charge in [-0.05, 0) is 55.4 Å². The van der Waals surface area contributed by atoms with Gasteiger partial charge in [-0.2, -0.15) is 5.10 Å².